The van der Waals surface area contributed by atoms with E-state index < -0.39 is 0 Å². The van der Waals surface area contributed by atoms with Crippen molar-refractivity contribution in [2.24, 2.45) is 5.92 Å². The highest BCUT2D eigenvalue weighted by Crippen LogP contribution is 2.21. The van der Waals surface area contributed by atoms with Crippen molar-refractivity contribution in [2.45, 2.75) is 32.6 Å². The summed E-state index contributed by atoms with van der Waals surface area (Å²) in [5, 5.41) is 0. The van der Waals surface area contributed by atoms with Gasteiger partial charge in [0.05, 0.1) is 11.4 Å². The van der Waals surface area contributed by atoms with E-state index in [0.717, 1.165) is 50.2 Å². The van der Waals surface area contributed by atoms with Gasteiger partial charge in [0.1, 0.15) is 0 Å². The van der Waals surface area contributed by atoms with E-state index in [1.54, 1.807) is 6.92 Å². The van der Waals surface area contributed by atoms with Crippen LogP contribution in [-0.4, -0.2) is 33.9 Å². The molecule has 2 heterocycles. The van der Waals surface area contributed by atoms with E-state index in [0.29, 0.717) is 5.92 Å². The molecule has 1 amide bonds. The van der Waals surface area contributed by atoms with E-state index in [4.69, 9.17) is 4.98 Å². The molecule has 0 unspecified atom stereocenters. The molecule has 0 aliphatic carbocycles. The number of carbonyl (C=O) groups is 1. The Labute approximate surface area is 137 Å². The SMILES string of the molecule is CC(=O)N1CCC(Cc2cncc(Cc3ccccc3)n2)CC1. The first-order valence-corrected chi connectivity index (χ1v) is 8.30. The Balaban J connectivity index is 1.59. The van der Waals surface area contributed by atoms with Gasteiger partial charge in [-0.15, -0.1) is 0 Å². The van der Waals surface area contributed by atoms with Crippen LogP contribution in [0, 0.1) is 5.92 Å². The summed E-state index contributed by atoms with van der Waals surface area (Å²) in [6, 6.07) is 10.4. The second-order valence-electron chi connectivity index (χ2n) is 6.32. The smallest absolute Gasteiger partial charge is 0.219 e. The van der Waals surface area contributed by atoms with Crippen LogP contribution in [0.4, 0.5) is 0 Å². The summed E-state index contributed by atoms with van der Waals surface area (Å²) < 4.78 is 0. The number of likely N-dealkylation sites (tertiary alicyclic amines) is 1. The van der Waals surface area contributed by atoms with E-state index in [1.165, 1.54) is 5.56 Å². The molecule has 0 atom stereocenters. The van der Waals surface area contributed by atoms with Gasteiger partial charge in [-0.3, -0.25) is 14.8 Å². The molecule has 1 aromatic carbocycles. The summed E-state index contributed by atoms with van der Waals surface area (Å²) in [5.74, 6) is 0.792. The van der Waals surface area contributed by atoms with Crippen LogP contribution in [-0.2, 0) is 17.6 Å². The molecule has 2 aromatic rings. The molecule has 1 fully saturated rings. The summed E-state index contributed by atoms with van der Waals surface area (Å²) in [7, 11) is 0. The molecule has 1 aromatic heterocycles. The first-order chi connectivity index (χ1) is 11.2. The zero-order chi connectivity index (χ0) is 16.1. The minimum Gasteiger partial charge on any atom is -0.343 e. The number of hydrogen-bond acceptors (Lipinski definition) is 3. The van der Waals surface area contributed by atoms with Gasteiger partial charge in [0, 0.05) is 38.8 Å². The van der Waals surface area contributed by atoms with Crippen molar-refractivity contribution < 1.29 is 4.79 Å². The monoisotopic (exact) mass is 309 g/mol. The molecule has 0 saturated carbocycles. The largest absolute Gasteiger partial charge is 0.343 e. The van der Waals surface area contributed by atoms with Gasteiger partial charge < -0.3 is 4.90 Å². The molecule has 3 rings (SSSR count). The standard InChI is InChI=1S/C19H23N3O/c1-15(23)22-9-7-17(8-10-22)12-19-14-20-13-18(21-19)11-16-5-3-2-4-6-16/h2-6,13-14,17H,7-12H2,1H3. The van der Waals surface area contributed by atoms with E-state index in [-0.39, 0.29) is 5.91 Å². The predicted octanol–water partition coefficient (Wildman–Crippen LogP) is 2.87. The van der Waals surface area contributed by atoms with Crippen LogP contribution in [0.25, 0.3) is 0 Å². The third-order valence-electron chi connectivity index (χ3n) is 4.52. The number of piperidine rings is 1. The fraction of sp³-hybridized carbons (Fsp3) is 0.421. The maximum Gasteiger partial charge on any atom is 0.219 e. The molecule has 4 nitrogen and oxygen atoms in total. The zero-order valence-corrected chi connectivity index (χ0v) is 13.6. The Hall–Kier alpha value is -2.23. The number of amides is 1. The lowest BCUT2D eigenvalue weighted by Crippen LogP contribution is -2.37. The van der Waals surface area contributed by atoms with E-state index in [9.17, 15) is 4.79 Å². The lowest BCUT2D eigenvalue weighted by molar-refractivity contribution is -0.130. The van der Waals surface area contributed by atoms with Gasteiger partial charge in [-0.1, -0.05) is 30.3 Å². The predicted molar refractivity (Wildman–Crippen MR) is 90.0 cm³/mol. The molecule has 0 spiro atoms. The second-order valence-corrected chi connectivity index (χ2v) is 6.32. The molecule has 120 valence electrons. The van der Waals surface area contributed by atoms with Gasteiger partial charge in [-0.2, -0.15) is 0 Å². The summed E-state index contributed by atoms with van der Waals surface area (Å²) in [5.41, 5.74) is 3.35. The maximum atomic E-state index is 11.4. The molecule has 1 aliphatic rings. The quantitative estimate of drug-likeness (QED) is 0.872. The molecular weight excluding hydrogens is 286 g/mol. The van der Waals surface area contributed by atoms with Crippen LogP contribution >= 0.6 is 0 Å². The van der Waals surface area contributed by atoms with Crippen molar-refractivity contribution in [3.63, 3.8) is 0 Å². The third kappa shape index (κ3) is 4.38. The number of nitrogens with zero attached hydrogens (tertiary/aromatic N) is 3. The van der Waals surface area contributed by atoms with E-state index in [1.807, 2.05) is 23.4 Å². The van der Waals surface area contributed by atoms with Gasteiger partial charge in [0.2, 0.25) is 5.91 Å². The molecule has 0 radical (unpaired) electrons. The zero-order valence-electron chi connectivity index (χ0n) is 13.6. The van der Waals surface area contributed by atoms with Crippen LogP contribution in [0.1, 0.15) is 36.7 Å². The van der Waals surface area contributed by atoms with Gasteiger partial charge in [-0.05, 0) is 30.7 Å². The molecule has 23 heavy (non-hydrogen) atoms. The van der Waals surface area contributed by atoms with Crippen molar-refractivity contribution in [2.75, 3.05) is 13.1 Å². The number of aromatic nitrogens is 2. The molecular formula is C19H23N3O. The Morgan fingerprint density at radius 1 is 1.13 bits per heavy atom. The van der Waals surface area contributed by atoms with E-state index >= 15 is 0 Å². The van der Waals surface area contributed by atoms with Crippen molar-refractivity contribution in [3.8, 4) is 0 Å². The Kier molecular flexibility index (Phi) is 5.01. The highest BCUT2D eigenvalue weighted by molar-refractivity contribution is 5.73. The maximum absolute atomic E-state index is 11.4. The third-order valence-corrected chi connectivity index (χ3v) is 4.52. The normalized spacial score (nSPS) is 15.6. The topological polar surface area (TPSA) is 46.1 Å². The van der Waals surface area contributed by atoms with Gasteiger partial charge in [0.25, 0.3) is 0 Å². The van der Waals surface area contributed by atoms with Crippen LogP contribution in [0.5, 0.6) is 0 Å². The van der Waals surface area contributed by atoms with Crippen molar-refractivity contribution in [3.05, 3.63) is 59.7 Å². The van der Waals surface area contributed by atoms with Crippen molar-refractivity contribution >= 4 is 5.91 Å². The molecule has 0 N–H and O–H groups in total. The minimum atomic E-state index is 0.188. The van der Waals surface area contributed by atoms with Gasteiger partial charge in [-0.25, -0.2) is 0 Å². The average molecular weight is 309 g/mol. The number of benzene rings is 1. The van der Waals surface area contributed by atoms with Crippen LogP contribution in [0.15, 0.2) is 42.7 Å². The van der Waals surface area contributed by atoms with E-state index in [2.05, 4.69) is 29.2 Å². The number of rotatable bonds is 4. The Morgan fingerprint density at radius 3 is 2.52 bits per heavy atom. The lowest BCUT2D eigenvalue weighted by Gasteiger charge is -2.31. The van der Waals surface area contributed by atoms with Crippen LogP contribution < -0.4 is 0 Å². The van der Waals surface area contributed by atoms with Gasteiger partial charge in [0.15, 0.2) is 0 Å². The minimum absolute atomic E-state index is 0.188. The fourth-order valence-corrected chi connectivity index (χ4v) is 3.19. The second kappa shape index (κ2) is 7.36. The van der Waals surface area contributed by atoms with Crippen LogP contribution in [0.3, 0.4) is 0 Å². The first kappa shape index (κ1) is 15.7. The highest BCUT2D eigenvalue weighted by Gasteiger charge is 2.21. The number of hydrogen-bond donors (Lipinski definition) is 0. The Bertz CT molecular complexity index is 649. The Morgan fingerprint density at radius 2 is 1.83 bits per heavy atom. The molecule has 1 saturated heterocycles. The summed E-state index contributed by atoms with van der Waals surface area (Å²) >= 11 is 0. The summed E-state index contributed by atoms with van der Waals surface area (Å²) in [6.45, 7) is 3.40. The fourth-order valence-electron chi connectivity index (χ4n) is 3.19. The first-order valence-electron chi connectivity index (χ1n) is 8.30. The average Bonchev–Trinajstić information content (AvgIpc) is 2.57. The molecule has 1 aliphatic heterocycles. The van der Waals surface area contributed by atoms with Crippen molar-refractivity contribution in [1.82, 2.24) is 14.9 Å². The highest BCUT2D eigenvalue weighted by atomic mass is 16.2. The summed E-state index contributed by atoms with van der Waals surface area (Å²) in [6.07, 6.45) is 7.64. The summed E-state index contributed by atoms with van der Waals surface area (Å²) in [4.78, 5) is 22.5. The molecule has 0 bridgehead atoms. The number of carbonyl (C=O) groups excluding carboxylic acids is 1. The molecule has 4 heteroatoms. The van der Waals surface area contributed by atoms with Gasteiger partial charge >= 0.3 is 0 Å². The lowest BCUT2D eigenvalue weighted by atomic mass is 9.92. The van der Waals surface area contributed by atoms with Crippen molar-refractivity contribution in [1.29, 1.82) is 0 Å². The van der Waals surface area contributed by atoms with Crippen LogP contribution in [0.2, 0.25) is 0 Å².